The Morgan fingerprint density at radius 3 is 2.67 bits per heavy atom. The van der Waals surface area contributed by atoms with Gasteiger partial charge in [0.1, 0.15) is 10.7 Å². The first kappa shape index (κ1) is 17.4. The molecule has 0 aliphatic rings. The van der Waals surface area contributed by atoms with E-state index in [0.717, 1.165) is 20.5 Å². The number of ether oxygens (including phenoxy) is 1. The maximum Gasteiger partial charge on any atom is 0.158 e. The second-order valence-electron chi connectivity index (χ2n) is 5.20. The third-order valence-corrected chi connectivity index (χ3v) is 5.22. The van der Waals surface area contributed by atoms with Gasteiger partial charge >= 0.3 is 0 Å². The van der Waals surface area contributed by atoms with Crippen LogP contribution in [0.25, 0.3) is 10.9 Å². The van der Waals surface area contributed by atoms with Crippen LogP contribution >= 0.6 is 58.4 Å². The molecule has 0 fully saturated rings. The number of fused-ring (bicyclic) bond motifs is 1. The summed E-state index contributed by atoms with van der Waals surface area (Å²) in [6.45, 7) is 4.94. The molecule has 0 amide bonds. The van der Waals surface area contributed by atoms with Crippen LogP contribution in [0.3, 0.4) is 0 Å². The molecule has 1 unspecified atom stereocenters. The lowest BCUT2D eigenvalue weighted by Crippen LogP contribution is -2.20. The van der Waals surface area contributed by atoms with Crippen LogP contribution in [0, 0.1) is 15.4 Å². The number of benzene rings is 1. The molecule has 114 valence electrons. The van der Waals surface area contributed by atoms with Crippen LogP contribution in [-0.2, 0) is 0 Å². The van der Waals surface area contributed by atoms with Crippen LogP contribution in [0.1, 0.15) is 13.8 Å². The van der Waals surface area contributed by atoms with Gasteiger partial charge in [-0.2, -0.15) is 12.6 Å². The fourth-order valence-electron chi connectivity index (χ4n) is 1.95. The quantitative estimate of drug-likeness (QED) is 0.353. The number of aromatic nitrogens is 1. The number of rotatable bonds is 5. The van der Waals surface area contributed by atoms with Gasteiger partial charge in [0.25, 0.3) is 0 Å². The van der Waals surface area contributed by atoms with Gasteiger partial charge in [-0.1, -0.05) is 37.0 Å². The Morgan fingerprint density at radius 2 is 2.05 bits per heavy atom. The van der Waals surface area contributed by atoms with E-state index in [0.29, 0.717) is 34.1 Å². The lowest BCUT2D eigenvalue weighted by molar-refractivity contribution is 0.227. The third-order valence-electron chi connectivity index (χ3n) is 3.42. The minimum Gasteiger partial charge on any atom is -0.490 e. The molecule has 1 heterocycles. The second-order valence-corrected chi connectivity index (χ2v) is 7.52. The number of hydrogen-bond donors (Lipinski definition) is 1. The first-order valence-electron chi connectivity index (χ1n) is 6.62. The minimum absolute atomic E-state index is 0.383. The molecule has 6 heteroatoms. The van der Waals surface area contributed by atoms with Crippen LogP contribution in [0.4, 0.5) is 0 Å². The summed E-state index contributed by atoms with van der Waals surface area (Å²) < 4.78 is 6.97. The Hall–Kier alpha value is 0.0900. The van der Waals surface area contributed by atoms with Gasteiger partial charge in [-0.05, 0) is 52.5 Å². The summed E-state index contributed by atoms with van der Waals surface area (Å²) in [7, 11) is 0. The van der Waals surface area contributed by atoms with E-state index in [1.165, 1.54) is 0 Å². The maximum absolute atomic E-state index is 6.27. The lowest BCUT2D eigenvalue weighted by atomic mass is 9.99. The van der Waals surface area contributed by atoms with Crippen LogP contribution in [0.2, 0.25) is 10.2 Å². The van der Waals surface area contributed by atoms with Gasteiger partial charge in [0.15, 0.2) is 5.75 Å². The van der Waals surface area contributed by atoms with Gasteiger partial charge in [-0.15, -0.1) is 0 Å². The van der Waals surface area contributed by atoms with Crippen LogP contribution in [0.15, 0.2) is 18.2 Å². The van der Waals surface area contributed by atoms with Crippen molar-refractivity contribution >= 4 is 69.3 Å². The first-order chi connectivity index (χ1) is 9.93. The highest BCUT2D eigenvalue weighted by atomic mass is 127. The van der Waals surface area contributed by atoms with Crippen LogP contribution in [-0.4, -0.2) is 17.3 Å². The van der Waals surface area contributed by atoms with Crippen molar-refractivity contribution < 1.29 is 4.74 Å². The molecular formula is C15H16Cl2INOS. The zero-order chi connectivity index (χ0) is 15.6. The summed E-state index contributed by atoms with van der Waals surface area (Å²) in [6.07, 6.45) is 0. The normalized spacial score (nSPS) is 12.9. The first-order valence-corrected chi connectivity index (χ1v) is 9.08. The minimum atomic E-state index is 0.383. The average Bonchev–Trinajstić information content (AvgIpc) is 2.41. The molecule has 2 aromatic rings. The number of thiol groups is 1. The highest BCUT2D eigenvalue weighted by Gasteiger charge is 2.17. The fourth-order valence-corrected chi connectivity index (χ4v) is 3.80. The molecule has 1 aromatic carbocycles. The van der Waals surface area contributed by atoms with Gasteiger partial charge < -0.3 is 4.74 Å². The lowest BCUT2D eigenvalue weighted by Gasteiger charge is -2.20. The Bertz CT molecular complexity index is 651. The molecule has 2 nitrogen and oxygen atoms in total. The summed E-state index contributed by atoms with van der Waals surface area (Å²) in [4.78, 5) is 4.38. The second kappa shape index (κ2) is 7.57. The standard InChI is InChI=1S/C15H16Cl2INOS/c1-8(2)9(7-21)6-20-15-12(18)5-11(16)10-3-4-13(17)19-14(10)15/h3-5,8-9,21H,6-7H2,1-2H3. The van der Waals surface area contributed by atoms with E-state index in [-0.39, 0.29) is 0 Å². The van der Waals surface area contributed by atoms with Crippen LogP contribution < -0.4 is 4.74 Å². The van der Waals surface area contributed by atoms with E-state index in [1.807, 2.05) is 12.1 Å². The molecule has 0 radical (unpaired) electrons. The van der Waals surface area contributed by atoms with Gasteiger partial charge in [0.05, 0.1) is 15.2 Å². The van der Waals surface area contributed by atoms with Gasteiger partial charge in [0.2, 0.25) is 0 Å². The molecule has 2 rings (SSSR count). The van der Waals surface area contributed by atoms with Crippen molar-refractivity contribution in [2.75, 3.05) is 12.4 Å². The predicted molar refractivity (Wildman–Crippen MR) is 102 cm³/mol. The van der Waals surface area contributed by atoms with Crippen molar-refractivity contribution in [3.05, 3.63) is 31.9 Å². The number of hydrogen-bond acceptors (Lipinski definition) is 3. The largest absolute Gasteiger partial charge is 0.490 e. The SMILES string of the molecule is CC(C)C(CS)COc1c(I)cc(Cl)c2ccc(Cl)nc12. The van der Waals surface area contributed by atoms with E-state index in [9.17, 15) is 0 Å². The molecule has 0 aliphatic carbocycles. The van der Waals surface area contributed by atoms with Crippen molar-refractivity contribution in [3.63, 3.8) is 0 Å². The van der Waals surface area contributed by atoms with Gasteiger partial charge in [0, 0.05) is 11.3 Å². The Labute approximate surface area is 154 Å². The number of pyridine rings is 1. The van der Waals surface area contributed by atoms with Crippen molar-refractivity contribution in [1.82, 2.24) is 4.98 Å². The molecule has 1 atom stereocenters. The van der Waals surface area contributed by atoms with E-state index in [1.54, 1.807) is 6.07 Å². The average molecular weight is 456 g/mol. The highest BCUT2D eigenvalue weighted by Crippen LogP contribution is 2.36. The van der Waals surface area contributed by atoms with E-state index < -0.39 is 0 Å². The predicted octanol–water partition coefficient (Wildman–Crippen LogP) is 5.73. The molecular weight excluding hydrogens is 440 g/mol. The smallest absolute Gasteiger partial charge is 0.158 e. The van der Waals surface area contributed by atoms with Crippen molar-refractivity contribution in [3.8, 4) is 5.75 Å². The molecule has 0 saturated carbocycles. The fraction of sp³-hybridized carbons (Fsp3) is 0.400. The summed E-state index contributed by atoms with van der Waals surface area (Å²) in [6, 6.07) is 5.49. The van der Waals surface area contributed by atoms with Crippen molar-refractivity contribution in [1.29, 1.82) is 0 Å². The number of halogens is 3. The summed E-state index contributed by atoms with van der Waals surface area (Å²) >= 11 is 18.9. The van der Waals surface area contributed by atoms with Crippen LogP contribution in [0.5, 0.6) is 5.75 Å². The highest BCUT2D eigenvalue weighted by molar-refractivity contribution is 14.1. The third kappa shape index (κ3) is 4.09. The molecule has 0 aliphatic heterocycles. The Balaban J connectivity index is 2.41. The zero-order valence-corrected chi connectivity index (χ0v) is 16.3. The van der Waals surface area contributed by atoms with Gasteiger partial charge in [-0.3, -0.25) is 0 Å². The van der Waals surface area contributed by atoms with Crippen molar-refractivity contribution in [2.24, 2.45) is 11.8 Å². The van der Waals surface area contributed by atoms with Gasteiger partial charge in [-0.25, -0.2) is 4.98 Å². The Morgan fingerprint density at radius 1 is 1.33 bits per heavy atom. The molecule has 0 bridgehead atoms. The molecule has 1 aromatic heterocycles. The van der Waals surface area contributed by atoms with E-state index in [2.05, 4.69) is 54.1 Å². The monoisotopic (exact) mass is 455 g/mol. The summed E-state index contributed by atoms with van der Waals surface area (Å²) in [5, 5.41) is 1.93. The maximum atomic E-state index is 6.27. The summed E-state index contributed by atoms with van der Waals surface area (Å²) in [5.74, 6) is 2.42. The topological polar surface area (TPSA) is 22.1 Å². The van der Waals surface area contributed by atoms with E-state index >= 15 is 0 Å². The zero-order valence-electron chi connectivity index (χ0n) is 11.7. The Kier molecular flexibility index (Phi) is 6.29. The number of nitrogens with zero attached hydrogens (tertiary/aromatic N) is 1. The molecule has 0 saturated heterocycles. The molecule has 0 spiro atoms. The molecule has 0 N–H and O–H groups in total. The van der Waals surface area contributed by atoms with E-state index in [4.69, 9.17) is 27.9 Å². The summed E-state index contributed by atoms with van der Waals surface area (Å²) in [5.41, 5.74) is 0.709. The van der Waals surface area contributed by atoms with Crippen molar-refractivity contribution in [2.45, 2.75) is 13.8 Å². The molecule has 21 heavy (non-hydrogen) atoms.